The number of benzene rings is 1. The second-order valence-corrected chi connectivity index (χ2v) is 11.7. The lowest BCUT2D eigenvalue weighted by molar-refractivity contribution is -0.149. The molecule has 2 atom stereocenters. The number of carbonyl (C=O) groups is 3. The molecule has 0 aromatic heterocycles. The maximum Gasteiger partial charge on any atom is 0.408 e. The molecular weight excluding hydrogens is 470 g/mol. The van der Waals surface area contributed by atoms with Gasteiger partial charge in [0.25, 0.3) is 0 Å². The van der Waals surface area contributed by atoms with E-state index in [1.807, 2.05) is 34.6 Å². The molecule has 3 amide bonds. The van der Waals surface area contributed by atoms with Crippen LogP contribution in [0.1, 0.15) is 106 Å². The molecule has 0 saturated heterocycles. The smallest absolute Gasteiger partial charge is 0.408 e. The molecule has 1 rings (SSSR count). The number of hydrogen-bond acceptors (Lipinski definition) is 5. The average molecular weight is 520 g/mol. The van der Waals surface area contributed by atoms with Gasteiger partial charge in [0.2, 0.25) is 11.8 Å². The molecule has 0 saturated carbocycles. The summed E-state index contributed by atoms with van der Waals surface area (Å²) < 4.78 is 5.44. The Morgan fingerprint density at radius 3 is 2.16 bits per heavy atom. The van der Waals surface area contributed by atoms with Crippen molar-refractivity contribution in [3.8, 4) is 5.75 Å². The molecule has 8 heteroatoms. The highest BCUT2D eigenvalue weighted by molar-refractivity contribution is 5.93. The molecule has 0 aliphatic heterocycles. The quantitative estimate of drug-likeness (QED) is 0.290. The van der Waals surface area contributed by atoms with Crippen molar-refractivity contribution in [3.05, 3.63) is 29.8 Å². The first-order valence-electron chi connectivity index (χ1n) is 13.5. The van der Waals surface area contributed by atoms with E-state index in [9.17, 15) is 19.5 Å². The SMILES string of the molecule is CCCCCNC(=O)C(c1ccccc1O)N(C(=O)C(CC(C)C)NC(=O)OC(C)(C)C)C(C)(C)CC. The van der Waals surface area contributed by atoms with Gasteiger partial charge in [-0.1, -0.05) is 58.7 Å². The van der Waals surface area contributed by atoms with Crippen LogP contribution < -0.4 is 10.6 Å². The number of phenols is 1. The maximum absolute atomic E-state index is 14.3. The Bertz CT molecular complexity index is 892. The summed E-state index contributed by atoms with van der Waals surface area (Å²) in [5.41, 5.74) is -1.16. The number of rotatable bonds is 13. The van der Waals surface area contributed by atoms with Crippen molar-refractivity contribution in [1.29, 1.82) is 0 Å². The summed E-state index contributed by atoms with van der Waals surface area (Å²) in [7, 11) is 0. The van der Waals surface area contributed by atoms with Gasteiger partial charge in [0.1, 0.15) is 23.4 Å². The molecule has 210 valence electrons. The predicted octanol–water partition coefficient (Wildman–Crippen LogP) is 5.70. The number of hydrogen-bond donors (Lipinski definition) is 3. The van der Waals surface area contributed by atoms with Crippen molar-refractivity contribution in [2.75, 3.05) is 6.54 Å². The zero-order chi connectivity index (χ0) is 28.4. The van der Waals surface area contributed by atoms with Crippen molar-refractivity contribution < 1.29 is 24.2 Å². The molecule has 0 heterocycles. The minimum atomic E-state index is -1.08. The lowest BCUT2D eigenvalue weighted by Crippen LogP contribution is -2.59. The molecule has 0 bridgehead atoms. The van der Waals surface area contributed by atoms with Gasteiger partial charge in [-0.3, -0.25) is 9.59 Å². The highest BCUT2D eigenvalue weighted by Crippen LogP contribution is 2.36. The number of alkyl carbamates (subject to hydrolysis) is 1. The molecule has 8 nitrogen and oxygen atoms in total. The van der Waals surface area contributed by atoms with E-state index in [-0.39, 0.29) is 17.6 Å². The van der Waals surface area contributed by atoms with E-state index in [0.29, 0.717) is 24.9 Å². The van der Waals surface area contributed by atoms with Gasteiger partial charge >= 0.3 is 6.09 Å². The fourth-order valence-electron chi connectivity index (χ4n) is 4.06. The molecular formula is C29H49N3O5. The Hall–Kier alpha value is -2.77. The number of nitrogens with one attached hydrogen (secondary N) is 2. The van der Waals surface area contributed by atoms with Crippen molar-refractivity contribution in [2.24, 2.45) is 5.92 Å². The van der Waals surface area contributed by atoms with E-state index >= 15 is 0 Å². The van der Waals surface area contributed by atoms with Crippen molar-refractivity contribution in [3.63, 3.8) is 0 Å². The summed E-state index contributed by atoms with van der Waals surface area (Å²) in [6.45, 7) is 17.5. The second kappa shape index (κ2) is 14.2. The van der Waals surface area contributed by atoms with Crippen molar-refractivity contribution in [1.82, 2.24) is 15.5 Å². The minimum Gasteiger partial charge on any atom is -0.508 e. The fraction of sp³-hybridized carbons (Fsp3) is 0.690. The zero-order valence-corrected chi connectivity index (χ0v) is 24.3. The van der Waals surface area contributed by atoms with E-state index in [1.54, 1.807) is 39.0 Å². The van der Waals surface area contributed by atoms with E-state index in [1.165, 1.54) is 11.0 Å². The summed E-state index contributed by atoms with van der Waals surface area (Å²) in [5.74, 6) is -0.750. The Kier molecular flexibility index (Phi) is 12.4. The number of ether oxygens (including phenoxy) is 1. The van der Waals surface area contributed by atoms with Gasteiger partial charge in [-0.15, -0.1) is 0 Å². The van der Waals surface area contributed by atoms with Crippen molar-refractivity contribution >= 4 is 17.9 Å². The van der Waals surface area contributed by atoms with Crippen LogP contribution in [0.25, 0.3) is 0 Å². The van der Waals surface area contributed by atoms with Gasteiger partial charge in [0, 0.05) is 17.6 Å². The standard InChI is InChI=1S/C29H49N3O5/c1-10-12-15-18-30-25(34)24(21-16-13-14-17-23(21)33)32(29(8,9)11-2)26(35)22(19-20(3)4)31-27(36)37-28(5,6)7/h13-14,16-17,20,22,24,33H,10-12,15,18-19H2,1-9H3,(H,30,34)(H,31,36). The summed E-state index contributed by atoms with van der Waals surface area (Å²) in [6.07, 6.45) is 3.02. The van der Waals surface area contributed by atoms with Crippen LogP contribution in [0.2, 0.25) is 0 Å². The molecule has 1 aromatic carbocycles. The summed E-state index contributed by atoms with van der Waals surface area (Å²) in [6, 6.07) is 4.59. The molecule has 0 aliphatic carbocycles. The number of amides is 3. The van der Waals surface area contributed by atoms with Crippen LogP contribution in [0, 0.1) is 5.92 Å². The first-order chi connectivity index (χ1) is 17.1. The van der Waals surface area contributed by atoms with Crippen LogP contribution in [-0.4, -0.2) is 51.6 Å². The molecule has 0 aliphatic rings. The Balaban J connectivity index is 3.58. The molecule has 1 aromatic rings. The number of para-hydroxylation sites is 1. The van der Waals surface area contributed by atoms with Crippen LogP contribution in [0.15, 0.2) is 24.3 Å². The van der Waals surface area contributed by atoms with Crippen molar-refractivity contribution in [2.45, 2.75) is 118 Å². The van der Waals surface area contributed by atoms with E-state index in [2.05, 4.69) is 17.6 Å². The van der Waals surface area contributed by atoms with Gasteiger partial charge in [0.15, 0.2) is 0 Å². The van der Waals surface area contributed by atoms with Gasteiger partial charge in [0.05, 0.1) is 0 Å². The van der Waals surface area contributed by atoms with Crippen LogP contribution in [-0.2, 0) is 14.3 Å². The predicted molar refractivity (Wildman–Crippen MR) is 147 cm³/mol. The minimum absolute atomic E-state index is 0.0681. The summed E-state index contributed by atoms with van der Waals surface area (Å²) >= 11 is 0. The molecule has 0 spiro atoms. The number of nitrogens with zero attached hydrogens (tertiary/aromatic N) is 1. The monoisotopic (exact) mass is 519 g/mol. The van der Waals surface area contributed by atoms with Gasteiger partial charge < -0.3 is 25.4 Å². The Morgan fingerprint density at radius 1 is 1.03 bits per heavy atom. The largest absolute Gasteiger partial charge is 0.508 e. The Morgan fingerprint density at radius 2 is 1.65 bits per heavy atom. The maximum atomic E-state index is 14.3. The zero-order valence-electron chi connectivity index (χ0n) is 24.3. The lowest BCUT2D eigenvalue weighted by Gasteiger charge is -2.44. The lowest BCUT2D eigenvalue weighted by atomic mass is 9.90. The number of aromatic hydroxyl groups is 1. The Labute approximate surface area is 223 Å². The third kappa shape index (κ3) is 10.3. The number of carbonyl (C=O) groups excluding carboxylic acids is 3. The average Bonchev–Trinajstić information content (AvgIpc) is 2.78. The van der Waals surface area contributed by atoms with E-state index in [4.69, 9.17) is 4.74 Å². The molecule has 0 radical (unpaired) electrons. The first kappa shape index (κ1) is 32.3. The molecule has 3 N–H and O–H groups in total. The van der Waals surface area contributed by atoms with E-state index < -0.39 is 35.2 Å². The fourth-order valence-corrected chi connectivity index (χ4v) is 4.06. The van der Waals surface area contributed by atoms with Crippen LogP contribution in [0.4, 0.5) is 4.79 Å². The first-order valence-corrected chi connectivity index (χ1v) is 13.5. The normalized spacial score (nSPS) is 13.6. The summed E-state index contributed by atoms with van der Waals surface area (Å²) in [5, 5.41) is 16.5. The third-order valence-corrected chi connectivity index (χ3v) is 6.27. The number of unbranched alkanes of at least 4 members (excludes halogenated alkanes) is 2. The van der Waals surface area contributed by atoms with Gasteiger partial charge in [-0.2, -0.15) is 0 Å². The third-order valence-electron chi connectivity index (χ3n) is 6.27. The van der Waals surface area contributed by atoms with Crippen LogP contribution in [0.3, 0.4) is 0 Å². The highest BCUT2D eigenvalue weighted by atomic mass is 16.6. The highest BCUT2D eigenvalue weighted by Gasteiger charge is 2.44. The molecule has 0 fully saturated rings. The van der Waals surface area contributed by atoms with Crippen LogP contribution >= 0.6 is 0 Å². The number of phenolic OH excluding ortho intramolecular Hbond substituents is 1. The van der Waals surface area contributed by atoms with Gasteiger partial charge in [-0.05, 0) is 65.9 Å². The second-order valence-electron chi connectivity index (χ2n) is 11.7. The van der Waals surface area contributed by atoms with Crippen LogP contribution in [0.5, 0.6) is 5.75 Å². The summed E-state index contributed by atoms with van der Waals surface area (Å²) in [4.78, 5) is 42.2. The van der Waals surface area contributed by atoms with Gasteiger partial charge in [-0.25, -0.2) is 4.79 Å². The van der Waals surface area contributed by atoms with E-state index in [0.717, 1.165) is 19.3 Å². The molecule has 2 unspecified atom stereocenters. The topological polar surface area (TPSA) is 108 Å². The molecule has 37 heavy (non-hydrogen) atoms.